The normalized spacial score (nSPS) is 11.4. The van der Waals surface area contributed by atoms with E-state index in [1.165, 1.54) is 19.1 Å². The van der Waals surface area contributed by atoms with Crippen LogP contribution in [0.3, 0.4) is 0 Å². The Hall–Kier alpha value is -3.00. The molecule has 1 N–H and O–H groups in total. The summed E-state index contributed by atoms with van der Waals surface area (Å²) >= 11 is 0. The fourth-order valence-corrected chi connectivity index (χ4v) is 3.83. The lowest BCUT2D eigenvalue weighted by Gasteiger charge is -2.07. The molecule has 0 radical (unpaired) electrons. The molecule has 8 heteroatoms. The number of hydrogen-bond acceptors (Lipinski definition) is 6. The number of anilines is 1. The average Bonchev–Trinajstić information content (AvgIpc) is 3.09. The van der Waals surface area contributed by atoms with Gasteiger partial charge in [0.25, 0.3) is 5.91 Å². The number of amides is 1. The second-order valence-electron chi connectivity index (χ2n) is 6.14. The summed E-state index contributed by atoms with van der Waals surface area (Å²) in [6, 6.07) is 11.7. The molecule has 0 aliphatic rings. The van der Waals surface area contributed by atoms with Crippen LogP contribution in [0.2, 0.25) is 0 Å². The first-order valence-corrected chi connectivity index (χ1v) is 10.0. The minimum absolute atomic E-state index is 0.0287. The van der Waals surface area contributed by atoms with E-state index in [0.717, 1.165) is 16.7 Å². The maximum absolute atomic E-state index is 12.5. The van der Waals surface area contributed by atoms with Gasteiger partial charge in [-0.2, -0.15) is 0 Å². The van der Waals surface area contributed by atoms with Gasteiger partial charge in [0, 0.05) is 5.56 Å². The molecule has 1 aromatic heterocycles. The smallest absolute Gasteiger partial charge is 0.322 e. The molecule has 0 spiro atoms. The molecule has 0 saturated carbocycles. The molecule has 140 valence electrons. The third-order valence-corrected chi connectivity index (χ3v) is 5.75. The lowest BCUT2D eigenvalue weighted by atomic mass is 10.1. The zero-order chi connectivity index (χ0) is 19.6. The minimum Gasteiger partial charge on any atom is -0.403 e. The third kappa shape index (κ3) is 4.06. The molecule has 0 bridgehead atoms. The van der Waals surface area contributed by atoms with E-state index in [0.29, 0.717) is 0 Å². The van der Waals surface area contributed by atoms with Crippen LogP contribution in [0.1, 0.15) is 28.4 Å². The molecule has 0 atom stereocenters. The van der Waals surface area contributed by atoms with Gasteiger partial charge in [-0.05, 0) is 38.1 Å². The van der Waals surface area contributed by atoms with Crippen molar-refractivity contribution in [1.29, 1.82) is 0 Å². The van der Waals surface area contributed by atoms with Crippen molar-refractivity contribution in [2.24, 2.45) is 0 Å². The van der Waals surface area contributed by atoms with Crippen LogP contribution in [-0.4, -0.2) is 30.3 Å². The van der Waals surface area contributed by atoms with Crippen LogP contribution < -0.4 is 5.32 Å². The highest BCUT2D eigenvalue weighted by molar-refractivity contribution is 7.91. The Morgan fingerprint density at radius 3 is 2.41 bits per heavy atom. The summed E-state index contributed by atoms with van der Waals surface area (Å²) in [4.78, 5) is 12.5. The Morgan fingerprint density at radius 2 is 1.74 bits per heavy atom. The van der Waals surface area contributed by atoms with Crippen LogP contribution in [0.15, 0.2) is 51.8 Å². The van der Waals surface area contributed by atoms with Crippen molar-refractivity contribution in [3.63, 3.8) is 0 Å². The molecule has 1 heterocycles. The highest BCUT2D eigenvalue weighted by Gasteiger charge is 2.22. The fourth-order valence-electron chi connectivity index (χ4n) is 2.73. The van der Waals surface area contributed by atoms with Crippen LogP contribution in [-0.2, 0) is 9.84 Å². The summed E-state index contributed by atoms with van der Waals surface area (Å²) < 4.78 is 29.9. The van der Waals surface area contributed by atoms with E-state index in [9.17, 15) is 13.2 Å². The Morgan fingerprint density at radius 1 is 1.07 bits per heavy atom. The SMILES string of the molecule is CCS(=O)(=O)c1ccccc1C(=O)Nc1nnc(-c2cc(C)cc(C)c2)o1. The zero-order valence-corrected chi connectivity index (χ0v) is 16.0. The van der Waals surface area contributed by atoms with Crippen LogP contribution in [0.4, 0.5) is 6.01 Å². The summed E-state index contributed by atoms with van der Waals surface area (Å²) in [5, 5.41) is 10.3. The maximum atomic E-state index is 12.5. The van der Waals surface area contributed by atoms with E-state index >= 15 is 0 Å². The largest absolute Gasteiger partial charge is 0.403 e. The summed E-state index contributed by atoms with van der Waals surface area (Å²) in [6.07, 6.45) is 0. The highest BCUT2D eigenvalue weighted by atomic mass is 32.2. The standard InChI is InChI=1S/C19H19N3O4S/c1-4-27(24,25)16-8-6-5-7-15(16)17(23)20-19-22-21-18(26-19)14-10-12(2)9-13(3)11-14/h5-11H,4H2,1-3H3,(H,20,22,23). The summed E-state index contributed by atoms with van der Waals surface area (Å²) in [5.41, 5.74) is 2.87. The van der Waals surface area contributed by atoms with Crippen LogP contribution in [0.5, 0.6) is 0 Å². The van der Waals surface area contributed by atoms with Crippen molar-refractivity contribution < 1.29 is 17.6 Å². The van der Waals surface area contributed by atoms with Crippen molar-refractivity contribution >= 4 is 21.8 Å². The van der Waals surface area contributed by atoms with Gasteiger partial charge < -0.3 is 4.42 Å². The Bertz CT molecular complexity index is 1080. The second-order valence-corrected chi connectivity index (χ2v) is 8.39. The number of nitrogens with one attached hydrogen (secondary N) is 1. The second kappa shape index (κ2) is 7.32. The van der Waals surface area contributed by atoms with Crippen LogP contribution in [0, 0.1) is 13.8 Å². The van der Waals surface area contributed by atoms with E-state index in [-0.39, 0.29) is 28.1 Å². The van der Waals surface area contributed by atoms with Gasteiger partial charge in [-0.1, -0.05) is 41.3 Å². The monoisotopic (exact) mass is 385 g/mol. The molecular weight excluding hydrogens is 366 g/mol. The van der Waals surface area contributed by atoms with Crippen molar-refractivity contribution in [3.05, 3.63) is 59.2 Å². The third-order valence-electron chi connectivity index (χ3n) is 3.96. The van der Waals surface area contributed by atoms with Crippen molar-refractivity contribution in [3.8, 4) is 11.5 Å². The number of rotatable bonds is 5. The number of carbonyl (C=O) groups excluding carboxylic acids is 1. The first-order valence-electron chi connectivity index (χ1n) is 8.35. The Balaban J connectivity index is 1.88. The number of nitrogens with zero attached hydrogens (tertiary/aromatic N) is 2. The predicted molar refractivity (Wildman–Crippen MR) is 101 cm³/mol. The van der Waals surface area contributed by atoms with Crippen LogP contribution in [0.25, 0.3) is 11.5 Å². The number of hydrogen-bond donors (Lipinski definition) is 1. The quantitative estimate of drug-likeness (QED) is 0.722. The molecule has 3 aromatic rings. The number of aryl methyl sites for hydroxylation is 2. The van der Waals surface area contributed by atoms with Crippen LogP contribution >= 0.6 is 0 Å². The summed E-state index contributed by atoms with van der Waals surface area (Å²) in [7, 11) is -3.54. The van der Waals surface area contributed by atoms with Gasteiger partial charge in [0.15, 0.2) is 9.84 Å². The fraction of sp³-hybridized carbons (Fsp3) is 0.211. The molecule has 3 rings (SSSR count). The van der Waals surface area contributed by atoms with Crippen molar-refractivity contribution in [2.45, 2.75) is 25.7 Å². The number of sulfone groups is 1. The van der Waals surface area contributed by atoms with Gasteiger partial charge in [0.1, 0.15) is 0 Å². The van der Waals surface area contributed by atoms with E-state index in [2.05, 4.69) is 15.5 Å². The number of carbonyl (C=O) groups is 1. The van der Waals surface area contributed by atoms with Gasteiger partial charge in [-0.25, -0.2) is 8.42 Å². The Labute approximate surface area is 157 Å². The first kappa shape index (κ1) is 18.8. The molecule has 1 amide bonds. The molecule has 0 aliphatic carbocycles. The van der Waals surface area contributed by atoms with Gasteiger partial charge in [-0.3, -0.25) is 10.1 Å². The summed E-state index contributed by atoms with van der Waals surface area (Å²) in [5.74, 6) is -0.459. The highest BCUT2D eigenvalue weighted by Crippen LogP contribution is 2.23. The lowest BCUT2D eigenvalue weighted by molar-refractivity contribution is 0.102. The molecule has 0 saturated heterocycles. The molecule has 0 unspecified atom stereocenters. The van der Waals surface area contributed by atoms with E-state index in [1.54, 1.807) is 12.1 Å². The van der Waals surface area contributed by atoms with E-state index in [1.807, 2.05) is 32.0 Å². The number of benzene rings is 2. The lowest BCUT2D eigenvalue weighted by Crippen LogP contribution is -2.17. The molecule has 0 fully saturated rings. The topological polar surface area (TPSA) is 102 Å². The van der Waals surface area contributed by atoms with Crippen molar-refractivity contribution in [1.82, 2.24) is 10.2 Å². The first-order chi connectivity index (χ1) is 12.8. The van der Waals surface area contributed by atoms with E-state index < -0.39 is 15.7 Å². The molecule has 27 heavy (non-hydrogen) atoms. The Kier molecular flexibility index (Phi) is 5.09. The number of aromatic nitrogens is 2. The van der Waals surface area contributed by atoms with Gasteiger partial charge in [0.2, 0.25) is 5.89 Å². The summed E-state index contributed by atoms with van der Waals surface area (Å²) in [6.45, 7) is 5.44. The molecule has 0 aliphatic heterocycles. The molecule has 7 nitrogen and oxygen atoms in total. The van der Waals surface area contributed by atoms with Gasteiger partial charge in [0.05, 0.1) is 16.2 Å². The molecular formula is C19H19N3O4S. The molecule has 2 aromatic carbocycles. The van der Waals surface area contributed by atoms with E-state index in [4.69, 9.17) is 4.42 Å². The minimum atomic E-state index is -3.54. The zero-order valence-electron chi connectivity index (χ0n) is 15.2. The average molecular weight is 385 g/mol. The van der Waals surface area contributed by atoms with Gasteiger partial charge >= 0.3 is 6.01 Å². The predicted octanol–water partition coefficient (Wildman–Crippen LogP) is 3.40. The van der Waals surface area contributed by atoms with Gasteiger partial charge in [-0.15, -0.1) is 5.10 Å². The van der Waals surface area contributed by atoms with Crippen molar-refractivity contribution in [2.75, 3.05) is 11.1 Å². The maximum Gasteiger partial charge on any atom is 0.322 e.